The maximum Gasteiger partial charge on any atom is 0.257 e. The highest BCUT2D eigenvalue weighted by Crippen LogP contribution is 2.23. The van der Waals surface area contributed by atoms with Gasteiger partial charge in [0.05, 0.1) is 0 Å². The second kappa shape index (κ2) is 9.57. The summed E-state index contributed by atoms with van der Waals surface area (Å²) in [5.41, 5.74) is 2.79. The van der Waals surface area contributed by atoms with E-state index in [2.05, 4.69) is 10.3 Å². The average Bonchev–Trinajstić information content (AvgIpc) is 3.21. The number of carbonyl (C=O) groups is 1. The summed E-state index contributed by atoms with van der Waals surface area (Å²) >= 11 is 7.39. The Kier molecular flexibility index (Phi) is 6.42. The van der Waals surface area contributed by atoms with Gasteiger partial charge in [-0.25, -0.2) is 4.98 Å². The van der Waals surface area contributed by atoms with Crippen molar-refractivity contribution in [1.29, 1.82) is 0 Å². The van der Waals surface area contributed by atoms with E-state index in [4.69, 9.17) is 16.3 Å². The molecule has 1 aromatic heterocycles. The Morgan fingerprint density at radius 1 is 0.933 bits per heavy atom. The summed E-state index contributed by atoms with van der Waals surface area (Å²) in [6, 6.07) is 24.8. The molecule has 0 saturated heterocycles. The largest absolute Gasteiger partial charge is 0.489 e. The van der Waals surface area contributed by atoms with Crippen molar-refractivity contribution in [3.63, 3.8) is 0 Å². The number of rotatable bonds is 7. The number of carbonyl (C=O) groups excluding carboxylic acids is 1. The fourth-order valence-electron chi connectivity index (χ4n) is 2.86. The summed E-state index contributed by atoms with van der Waals surface area (Å²) < 4.78 is 5.76. The number of benzene rings is 3. The number of ether oxygens (including phenoxy) is 1. The minimum atomic E-state index is -0.197. The van der Waals surface area contributed by atoms with Crippen LogP contribution in [0.1, 0.15) is 26.4 Å². The molecule has 6 heteroatoms. The van der Waals surface area contributed by atoms with Crippen molar-refractivity contribution in [3.05, 3.63) is 112 Å². The minimum Gasteiger partial charge on any atom is -0.489 e. The SMILES string of the molecule is O=C(Nc1ncc(Cc2ccc(Cl)cc2)s1)c1ccc(OCc2ccccc2)cc1. The highest BCUT2D eigenvalue weighted by Gasteiger charge is 2.10. The zero-order chi connectivity index (χ0) is 20.8. The van der Waals surface area contributed by atoms with Crippen molar-refractivity contribution in [2.75, 3.05) is 5.32 Å². The number of hydrogen-bond donors (Lipinski definition) is 1. The van der Waals surface area contributed by atoms with Gasteiger partial charge >= 0.3 is 0 Å². The Bertz CT molecular complexity index is 1110. The smallest absolute Gasteiger partial charge is 0.257 e. The summed E-state index contributed by atoms with van der Waals surface area (Å²) in [6.07, 6.45) is 2.54. The van der Waals surface area contributed by atoms with E-state index in [-0.39, 0.29) is 5.91 Å². The third-order valence-corrected chi connectivity index (χ3v) is 5.60. The summed E-state index contributed by atoms with van der Waals surface area (Å²) in [5.74, 6) is 0.520. The summed E-state index contributed by atoms with van der Waals surface area (Å²) in [5, 5.41) is 4.15. The first-order valence-corrected chi connectivity index (χ1v) is 10.6. The number of amides is 1. The quantitative estimate of drug-likeness (QED) is 0.375. The molecule has 0 bridgehead atoms. The van der Waals surface area contributed by atoms with E-state index >= 15 is 0 Å². The van der Waals surface area contributed by atoms with Crippen molar-refractivity contribution in [3.8, 4) is 5.75 Å². The molecule has 4 rings (SSSR count). The van der Waals surface area contributed by atoms with Crippen LogP contribution in [0.5, 0.6) is 5.75 Å². The molecule has 150 valence electrons. The minimum absolute atomic E-state index is 0.197. The average molecular weight is 435 g/mol. The maximum atomic E-state index is 12.5. The molecule has 3 aromatic carbocycles. The topological polar surface area (TPSA) is 51.2 Å². The van der Waals surface area contributed by atoms with Gasteiger partial charge < -0.3 is 4.74 Å². The molecule has 4 aromatic rings. The Morgan fingerprint density at radius 3 is 2.40 bits per heavy atom. The van der Waals surface area contributed by atoms with E-state index in [1.54, 1.807) is 30.5 Å². The van der Waals surface area contributed by atoms with Crippen LogP contribution < -0.4 is 10.1 Å². The van der Waals surface area contributed by atoms with Crippen LogP contribution in [0.3, 0.4) is 0 Å². The second-order valence-corrected chi connectivity index (χ2v) is 8.24. The fraction of sp³-hybridized carbons (Fsp3) is 0.0833. The number of nitrogens with zero attached hydrogens (tertiary/aromatic N) is 1. The van der Waals surface area contributed by atoms with Crippen LogP contribution in [-0.2, 0) is 13.0 Å². The molecule has 4 nitrogen and oxygen atoms in total. The third-order valence-electron chi connectivity index (χ3n) is 4.43. The zero-order valence-corrected chi connectivity index (χ0v) is 17.6. The van der Waals surface area contributed by atoms with E-state index < -0.39 is 0 Å². The summed E-state index contributed by atoms with van der Waals surface area (Å²) in [4.78, 5) is 17.9. The number of aromatic nitrogens is 1. The van der Waals surface area contributed by atoms with E-state index in [0.29, 0.717) is 22.3 Å². The standard InChI is InChI=1S/C24H19ClN2O2S/c25-20-10-6-17(7-11-20)14-22-15-26-24(30-22)27-23(28)19-8-12-21(13-9-19)29-16-18-4-2-1-3-5-18/h1-13,15H,14,16H2,(H,26,27,28). The van der Waals surface area contributed by atoms with Gasteiger partial charge in [-0.15, -0.1) is 11.3 Å². The third kappa shape index (κ3) is 5.47. The molecule has 0 fully saturated rings. The van der Waals surface area contributed by atoms with Crippen molar-refractivity contribution in [2.45, 2.75) is 13.0 Å². The van der Waals surface area contributed by atoms with Crippen LogP contribution in [0.2, 0.25) is 5.02 Å². The van der Waals surface area contributed by atoms with E-state index in [0.717, 1.165) is 28.2 Å². The molecular formula is C24H19ClN2O2S. The maximum absolute atomic E-state index is 12.5. The molecule has 0 radical (unpaired) electrons. The molecule has 1 amide bonds. The lowest BCUT2D eigenvalue weighted by atomic mass is 10.1. The first kappa shape index (κ1) is 20.1. The van der Waals surface area contributed by atoms with Crippen molar-refractivity contribution in [1.82, 2.24) is 4.98 Å². The van der Waals surface area contributed by atoms with Gasteiger partial charge in [0.2, 0.25) is 0 Å². The number of anilines is 1. The van der Waals surface area contributed by atoms with Crippen LogP contribution in [-0.4, -0.2) is 10.9 Å². The van der Waals surface area contributed by atoms with Crippen LogP contribution >= 0.6 is 22.9 Å². The van der Waals surface area contributed by atoms with Gasteiger partial charge in [0, 0.05) is 28.1 Å². The van der Waals surface area contributed by atoms with Gasteiger partial charge in [-0.3, -0.25) is 10.1 Å². The van der Waals surface area contributed by atoms with E-state index in [1.807, 2.05) is 54.6 Å². The van der Waals surface area contributed by atoms with E-state index in [9.17, 15) is 4.79 Å². The Labute approximate surface area is 184 Å². The van der Waals surface area contributed by atoms with E-state index in [1.165, 1.54) is 11.3 Å². The molecular weight excluding hydrogens is 416 g/mol. The first-order valence-electron chi connectivity index (χ1n) is 9.43. The predicted octanol–water partition coefficient (Wildman–Crippen LogP) is 6.22. The fourth-order valence-corrected chi connectivity index (χ4v) is 3.83. The van der Waals surface area contributed by atoms with Gasteiger partial charge in [-0.05, 0) is 47.5 Å². The normalized spacial score (nSPS) is 10.6. The number of halogens is 1. The van der Waals surface area contributed by atoms with Gasteiger partial charge in [0.1, 0.15) is 12.4 Å². The second-order valence-electron chi connectivity index (χ2n) is 6.69. The zero-order valence-electron chi connectivity index (χ0n) is 16.0. The van der Waals surface area contributed by atoms with Crippen LogP contribution in [0.25, 0.3) is 0 Å². The molecule has 0 unspecified atom stereocenters. The van der Waals surface area contributed by atoms with Crippen LogP contribution in [0.15, 0.2) is 85.1 Å². The highest BCUT2D eigenvalue weighted by molar-refractivity contribution is 7.15. The monoisotopic (exact) mass is 434 g/mol. The van der Waals surface area contributed by atoms with Crippen molar-refractivity contribution < 1.29 is 9.53 Å². The molecule has 0 atom stereocenters. The van der Waals surface area contributed by atoms with Gasteiger partial charge in [0.25, 0.3) is 5.91 Å². The summed E-state index contributed by atoms with van der Waals surface area (Å²) in [6.45, 7) is 0.488. The molecule has 30 heavy (non-hydrogen) atoms. The predicted molar refractivity (Wildman–Crippen MR) is 122 cm³/mol. The molecule has 0 aliphatic carbocycles. The Balaban J connectivity index is 1.32. The van der Waals surface area contributed by atoms with Crippen LogP contribution in [0, 0.1) is 0 Å². The van der Waals surface area contributed by atoms with Gasteiger partial charge in [-0.1, -0.05) is 54.1 Å². The van der Waals surface area contributed by atoms with Gasteiger partial charge in [0.15, 0.2) is 5.13 Å². The highest BCUT2D eigenvalue weighted by atomic mass is 35.5. The van der Waals surface area contributed by atoms with Crippen molar-refractivity contribution >= 4 is 34.0 Å². The number of hydrogen-bond acceptors (Lipinski definition) is 4. The molecule has 1 N–H and O–H groups in total. The molecule has 0 aliphatic heterocycles. The molecule has 0 aliphatic rings. The van der Waals surface area contributed by atoms with Crippen molar-refractivity contribution in [2.24, 2.45) is 0 Å². The Hall–Kier alpha value is -3.15. The number of nitrogens with one attached hydrogen (secondary N) is 1. The molecule has 0 saturated carbocycles. The molecule has 0 spiro atoms. The Morgan fingerprint density at radius 2 is 1.67 bits per heavy atom. The number of thiazole rings is 1. The first-order chi connectivity index (χ1) is 14.7. The lowest BCUT2D eigenvalue weighted by Crippen LogP contribution is -2.11. The van der Waals surface area contributed by atoms with Gasteiger partial charge in [-0.2, -0.15) is 0 Å². The lowest BCUT2D eigenvalue weighted by molar-refractivity contribution is 0.102. The van der Waals surface area contributed by atoms with Crippen LogP contribution in [0.4, 0.5) is 5.13 Å². The lowest BCUT2D eigenvalue weighted by Gasteiger charge is -2.07. The molecule has 1 heterocycles. The summed E-state index contributed by atoms with van der Waals surface area (Å²) in [7, 11) is 0.